The first-order valence-electron chi connectivity index (χ1n) is 7.88. The summed E-state index contributed by atoms with van der Waals surface area (Å²) >= 11 is 6.22. The summed E-state index contributed by atoms with van der Waals surface area (Å²) in [5, 5.41) is 0.357. The quantitative estimate of drug-likeness (QED) is 0.786. The normalized spacial score (nSPS) is 21.0. The third-order valence-electron chi connectivity index (χ3n) is 4.52. The maximum absolute atomic E-state index is 14.3. The zero-order valence-electron chi connectivity index (χ0n) is 13.4. The van der Waals surface area contributed by atoms with E-state index < -0.39 is 5.92 Å². The molecule has 0 aliphatic carbocycles. The highest BCUT2D eigenvalue weighted by atomic mass is 35.5. The third kappa shape index (κ3) is 3.45. The lowest BCUT2D eigenvalue weighted by Crippen LogP contribution is -2.24. The van der Waals surface area contributed by atoms with Crippen molar-refractivity contribution in [2.75, 3.05) is 20.2 Å². The molecule has 1 heterocycles. The van der Waals surface area contributed by atoms with Gasteiger partial charge in [-0.25, -0.2) is 4.39 Å². The monoisotopic (exact) mass is 347 g/mol. The second-order valence-electron chi connectivity index (χ2n) is 6.05. The van der Waals surface area contributed by atoms with Crippen LogP contribution in [0, 0.1) is 11.7 Å². The number of rotatable bonds is 4. The van der Waals surface area contributed by atoms with E-state index in [0.717, 1.165) is 5.56 Å². The van der Waals surface area contributed by atoms with Gasteiger partial charge in [-0.3, -0.25) is 9.69 Å². The van der Waals surface area contributed by atoms with Crippen molar-refractivity contribution in [2.24, 2.45) is 5.92 Å². The summed E-state index contributed by atoms with van der Waals surface area (Å²) in [6, 6.07) is 14.6. The van der Waals surface area contributed by atoms with Crippen LogP contribution >= 0.6 is 11.6 Å². The first-order chi connectivity index (χ1) is 11.6. The fraction of sp³-hybridized carbons (Fsp3) is 0.316. The van der Waals surface area contributed by atoms with Crippen LogP contribution in [0.25, 0.3) is 0 Å². The van der Waals surface area contributed by atoms with Gasteiger partial charge < -0.3 is 4.74 Å². The van der Waals surface area contributed by atoms with Gasteiger partial charge in [0.05, 0.1) is 13.0 Å². The lowest BCUT2D eigenvalue weighted by molar-refractivity contribution is -0.145. The summed E-state index contributed by atoms with van der Waals surface area (Å²) in [6.07, 6.45) is 0. The van der Waals surface area contributed by atoms with Crippen molar-refractivity contribution in [2.45, 2.75) is 12.5 Å². The molecule has 0 N–H and O–H groups in total. The lowest BCUT2D eigenvalue weighted by atomic mass is 9.88. The Kier molecular flexibility index (Phi) is 5.17. The number of hydrogen-bond donors (Lipinski definition) is 0. The van der Waals surface area contributed by atoms with Crippen LogP contribution in [-0.4, -0.2) is 31.1 Å². The standard InChI is InChI=1S/C19H19ClFNO2/c1-24-19(23)15-12-22(10-13-6-3-2-4-7-13)11-14(15)18-16(20)8-5-9-17(18)21/h2-9,14-15H,10-12H2,1H3. The van der Waals surface area contributed by atoms with Crippen molar-refractivity contribution in [1.82, 2.24) is 4.90 Å². The molecule has 0 saturated carbocycles. The molecule has 2 aromatic carbocycles. The van der Waals surface area contributed by atoms with Crippen molar-refractivity contribution in [3.05, 3.63) is 70.5 Å². The highest BCUT2D eigenvalue weighted by Crippen LogP contribution is 2.38. The number of esters is 1. The van der Waals surface area contributed by atoms with Gasteiger partial charge >= 0.3 is 5.97 Å². The molecule has 3 nitrogen and oxygen atoms in total. The zero-order chi connectivity index (χ0) is 17.1. The molecule has 24 heavy (non-hydrogen) atoms. The molecule has 2 unspecified atom stereocenters. The number of ether oxygens (including phenoxy) is 1. The molecule has 2 aromatic rings. The molecule has 0 spiro atoms. The number of nitrogens with zero attached hydrogens (tertiary/aromatic N) is 1. The molecule has 3 rings (SSSR count). The maximum atomic E-state index is 14.3. The van der Waals surface area contributed by atoms with Gasteiger partial charge in [0.15, 0.2) is 0 Å². The SMILES string of the molecule is COC(=O)C1CN(Cc2ccccc2)CC1c1c(F)cccc1Cl. The van der Waals surface area contributed by atoms with E-state index >= 15 is 0 Å². The molecule has 1 aliphatic rings. The molecule has 126 valence electrons. The molecule has 2 atom stereocenters. The minimum atomic E-state index is -0.423. The first kappa shape index (κ1) is 16.9. The molecule has 0 aromatic heterocycles. The summed E-state index contributed by atoms with van der Waals surface area (Å²) < 4.78 is 19.3. The van der Waals surface area contributed by atoms with E-state index in [1.807, 2.05) is 30.3 Å². The number of methoxy groups -OCH3 is 1. The van der Waals surface area contributed by atoms with E-state index in [9.17, 15) is 9.18 Å². The van der Waals surface area contributed by atoms with E-state index in [-0.39, 0.29) is 17.7 Å². The largest absolute Gasteiger partial charge is 0.469 e. The van der Waals surface area contributed by atoms with Crippen LogP contribution in [0.3, 0.4) is 0 Å². The summed E-state index contributed by atoms with van der Waals surface area (Å²) in [6.45, 7) is 1.79. The molecule has 0 bridgehead atoms. The van der Waals surface area contributed by atoms with Crippen molar-refractivity contribution < 1.29 is 13.9 Å². The van der Waals surface area contributed by atoms with Crippen LogP contribution in [-0.2, 0) is 16.1 Å². The van der Waals surface area contributed by atoms with Crippen molar-refractivity contribution in [3.8, 4) is 0 Å². The van der Waals surface area contributed by atoms with Gasteiger partial charge in [0.2, 0.25) is 0 Å². The van der Waals surface area contributed by atoms with Crippen LogP contribution < -0.4 is 0 Å². The molecular formula is C19H19ClFNO2. The van der Waals surface area contributed by atoms with E-state index in [1.165, 1.54) is 13.2 Å². The number of halogens is 2. The zero-order valence-corrected chi connectivity index (χ0v) is 14.2. The molecule has 0 radical (unpaired) electrons. The molecule has 5 heteroatoms. The number of likely N-dealkylation sites (tertiary alicyclic amines) is 1. The minimum absolute atomic E-state index is 0.310. The van der Waals surface area contributed by atoms with Gasteiger partial charge in [-0.15, -0.1) is 0 Å². The molecule has 1 saturated heterocycles. The Morgan fingerprint density at radius 1 is 1.21 bits per heavy atom. The maximum Gasteiger partial charge on any atom is 0.310 e. The van der Waals surface area contributed by atoms with Gasteiger partial charge in [0, 0.05) is 36.1 Å². The fourth-order valence-electron chi connectivity index (χ4n) is 3.40. The highest BCUT2D eigenvalue weighted by molar-refractivity contribution is 6.31. The van der Waals surface area contributed by atoms with Crippen LogP contribution in [0.1, 0.15) is 17.0 Å². The van der Waals surface area contributed by atoms with E-state index in [2.05, 4.69) is 4.90 Å². The summed E-state index contributed by atoms with van der Waals surface area (Å²) in [5.74, 6) is -1.43. The Morgan fingerprint density at radius 2 is 1.96 bits per heavy atom. The van der Waals surface area contributed by atoms with Crippen molar-refractivity contribution >= 4 is 17.6 Å². The molecule has 1 fully saturated rings. The predicted octanol–water partition coefficient (Wildman–Crippen LogP) is 3.87. The third-order valence-corrected chi connectivity index (χ3v) is 4.85. The Balaban J connectivity index is 1.87. The number of carbonyl (C=O) groups is 1. The molecule has 0 amide bonds. The average Bonchev–Trinajstić information content (AvgIpc) is 2.98. The molecular weight excluding hydrogens is 329 g/mol. The summed E-state index contributed by atoms with van der Waals surface area (Å²) in [5.41, 5.74) is 1.56. The topological polar surface area (TPSA) is 29.5 Å². The van der Waals surface area contributed by atoms with E-state index in [1.54, 1.807) is 12.1 Å². The number of hydrogen-bond acceptors (Lipinski definition) is 3. The highest BCUT2D eigenvalue weighted by Gasteiger charge is 2.41. The number of carbonyl (C=O) groups excluding carboxylic acids is 1. The van der Waals surface area contributed by atoms with Gasteiger partial charge in [0.25, 0.3) is 0 Å². The van der Waals surface area contributed by atoms with Crippen LogP contribution in [0.4, 0.5) is 4.39 Å². The van der Waals surface area contributed by atoms with Gasteiger partial charge in [-0.05, 0) is 17.7 Å². The van der Waals surface area contributed by atoms with Crippen LogP contribution in [0.2, 0.25) is 5.02 Å². The van der Waals surface area contributed by atoms with Crippen LogP contribution in [0.15, 0.2) is 48.5 Å². The predicted molar refractivity (Wildman–Crippen MR) is 91.4 cm³/mol. The first-order valence-corrected chi connectivity index (χ1v) is 8.26. The smallest absolute Gasteiger partial charge is 0.310 e. The minimum Gasteiger partial charge on any atom is -0.469 e. The summed E-state index contributed by atoms with van der Waals surface area (Å²) in [7, 11) is 1.36. The average molecular weight is 348 g/mol. The van der Waals surface area contributed by atoms with Crippen molar-refractivity contribution in [3.63, 3.8) is 0 Å². The lowest BCUT2D eigenvalue weighted by Gasteiger charge is -2.18. The van der Waals surface area contributed by atoms with Gasteiger partial charge in [-0.1, -0.05) is 48.0 Å². The number of benzene rings is 2. The Morgan fingerprint density at radius 3 is 2.62 bits per heavy atom. The second-order valence-corrected chi connectivity index (χ2v) is 6.46. The second kappa shape index (κ2) is 7.32. The van der Waals surface area contributed by atoms with E-state index in [4.69, 9.17) is 16.3 Å². The van der Waals surface area contributed by atoms with Crippen LogP contribution in [0.5, 0.6) is 0 Å². The van der Waals surface area contributed by atoms with Gasteiger partial charge in [0.1, 0.15) is 5.82 Å². The Labute approximate surface area is 146 Å². The van der Waals surface area contributed by atoms with E-state index in [0.29, 0.717) is 30.2 Å². The van der Waals surface area contributed by atoms with Crippen molar-refractivity contribution in [1.29, 1.82) is 0 Å². The Bertz CT molecular complexity index is 702. The Hall–Kier alpha value is -1.91. The molecule has 1 aliphatic heterocycles. The van der Waals surface area contributed by atoms with Gasteiger partial charge in [-0.2, -0.15) is 0 Å². The summed E-state index contributed by atoms with van der Waals surface area (Å²) in [4.78, 5) is 14.3. The fourth-order valence-corrected chi connectivity index (χ4v) is 3.71.